The van der Waals surface area contributed by atoms with Gasteiger partial charge in [0.2, 0.25) is 0 Å². The van der Waals surface area contributed by atoms with Crippen LogP contribution in [0.1, 0.15) is 38.5 Å². The summed E-state index contributed by atoms with van der Waals surface area (Å²) in [6, 6.07) is 0. The molecule has 0 aliphatic rings. The molecule has 0 radical (unpaired) electrons. The fourth-order valence-corrected chi connectivity index (χ4v) is 1.75. The van der Waals surface area contributed by atoms with Crippen molar-refractivity contribution >= 4 is 5.97 Å². The Labute approximate surface area is 104 Å². The summed E-state index contributed by atoms with van der Waals surface area (Å²) in [5.74, 6) is -0.701. The number of hydrogen-bond acceptors (Lipinski definition) is 4. The van der Waals surface area contributed by atoms with Crippen LogP contribution in [0.5, 0.6) is 0 Å². The standard InChI is InChI=1S/C12H27N3O2/c13-7-4-10-15(11-5-8-14)9-3-1-2-6-12(16)17/h1-11,13-14H2,(H,16,17). The highest BCUT2D eigenvalue weighted by Gasteiger charge is 2.04. The van der Waals surface area contributed by atoms with E-state index in [0.29, 0.717) is 0 Å². The van der Waals surface area contributed by atoms with Crippen LogP contribution in [0.2, 0.25) is 0 Å². The Morgan fingerprint density at radius 1 is 0.882 bits per heavy atom. The molecule has 0 unspecified atom stereocenters. The average Bonchev–Trinajstić information content (AvgIpc) is 2.30. The van der Waals surface area contributed by atoms with Crippen molar-refractivity contribution in [1.82, 2.24) is 4.90 Å². The highest BCUT2D eigenvalue weighted by molar-refractivity contribution is 5.66. The molecule has 0 heterocycles. The van der Waals surface area contributed by atoms with E-state index < -0.39 is 5.97 Å². The first kappa shape index (κ1) is 16.4. The van der Waals surface area contributed by atoms with Gasteiger partial charge in [0.05, 0.1) is 0 Å². The van der Waals surface area contributed by atoms with Crippen LogP contribution in [0.25, 0.3) is 0 Å². The Hall–Kier alpha value is -0.650. The Kier molecular flexibility index (Phi) is 11.4. The topological polar surface area (TPSA) is 92.6 Å². The highest BCUT2D eigenvalue weighted by Crippen LogP contribution is 2.03. The second kappa shape index (κ2) is 11.8. The Morgan fingerprint density at radius 3 is 1.88 bits per heavy atom. The van der Waals surface area contributed by atoms with Crippen LogP contribution >= 0.6 is 0 Å². The molecule has 0 aliphatic carbocycles. The summed E-state index contributed by atoms with van der Waals surface area (Å²) in [7, 11) is 0. The molecule has 0 atom stereocenters. The molecular weight excluding hydrogens is 218 g/mol. The van der Waals surface area contributed by atoms with Gasteiger partial charge >= 0.3 is 5.97 Å². The largest absolute Gasteiger partial charge is 0.481 e. The van der Waals surface area contributed by atoms with E-state index in [1.807, 2.05) is 0 Å². The molecule has 0 aromatic heterocycles. The molecule has 0 bridgehead atoms. The van der Waals surface area contributed by atoms with Gasteiger partial charge in [0.15, 0.2) is 0 Å². The molecule has 0 amide bonds. The summed E-state index contributed by atoms with van der Waals surface area (Å²) in [6.45, 7) is 4.51. The van der Waals surface area contributed by atoms with Gasteiger partial charge in [0.25, 0.3) is 0 Å². The lowest BCUT2D eigenvalue weighted by Gasteiger charge is -2.21. The number of carboxylic acids is 1. The van der Waals surface area contributed by atoms with Crippen molar-refractivity contribution in [3.05, 3.63) is 0 Å². The van der Waals surface area contributed by atoms with E-state index >= 15 is 0 Å². The molecule has 5 N–H and O–H groups in total. The van der Waals surface area contributed by atoms with Crippen LogP contribution in [-0.4, -0.2) is 48.7 Å². The second-order valence-corrected chi connectivity index (χ2v) is 4.33. The van der Waals surface area contributed by atoms with Gasteiger partial charge in [0, 0.05) is 6.42 Å². The average molecular weight is 245 g/mol. The summed E-state index contributed by atoms with van der Waals surface area (Å²) < 4.78 is 0. The zero-order valence-corrected chi connectivity index (χ0v) is 10.7. The van der Waals surface area contributed by atoms with E-state index in [1.54, 1.807) is 0 Å². The van der Waals surface area contributed by atoms with Crippen molar-refractivity contribution in [3.8, 4) is 0 Å². The molecule has 0 fully saturated rings. The Balaban J connectivity index is 3.55. The maximum absolute atomic E-state index is 10.3. The molecule has 0 spiro atoms. The van der Waals surface area contributed by atoms with Gasteiger partial charge < -0.3 is 21.5 Å². The summed E-state index contributed by atoms with van der Waals surface area (Å²) in [5.41, 5.74) is 11.0. The van der Waals surface area contributed by atoms with Crippen LogP contribution < -0.4 is 11.5 Å². The first-order chi connectivity index (χ1) is 8.20. The summed E-state index contributed by atoms with van der Waals surface area (Å²) >= 11 is 0. The van der Waals surface area contributed by atoms with Gasteiger partial charge in [-0.05, 0) is 58.4 Å². The molecule has 0 rings (SSSR count). The molecule has 0 saturated heterocycles. The van der Waals surface area contributed by atoms with E-state index in [9.17, 15) is 4.79 Å². The fourth-order valence-electron chi connectivity index (χ4n) is 1.75. The zero-order chi connectivity index (χ0) is 12.9. The number of nitrogens with two attached hydrogens (primary N) is 2. The maximum atomic E-state index is 10.3. The van der Waals surface area contributed by atoms with Crippen LogP contribution in [0.3, 0.4) is 0 Å². The minimum Gasteiger partial charge on any atom is -0.481 e. The van der Waals surface area contributed by atoms with Crippen LogP contribution in [0.15, 0.2) is 0 Å². The van der Waals surface area contributed by atoms with Gasteiger partial charge in [-0.3, -0.25) is 4.79 Å². The van der Waals surface area contributed by atoms with E-state index in [0.717, 1.165) is 64.8 Å². The molecule has 0 aliphatic heterocycles. The minimum atomic E-state index is -0.701. The van der Waals surface area contributed by atoms with Gasteiger partial charge in [-0.25, -0.2) is 0 Å². The monoisotopic (exact) mass is 245 g/mol. The van der Waals surface area contributed by atoms with Crippen molar-refractivity contribution in [1.29, 1.82) is 0 Å². The smallest absolute Gasteiger partial charge is 0.303 e. The number of hydrogen-bond donors (Lipinski definition) is 3. The van der Waals surface area contributed by atoms with Gasteiger partial charge in [-0.2, -0.15) is 0 Å². The van der Waals surface area contributed by atoms with Crippen molar-refractivity contribution in [2.75, 3.05) is 32.7 Å². The third-order valence-electron chi connectivity index (χ3n) is 2.72. The van der Waals surface area contributed by atoms with Crippen LogP contribution in [-0.2, 0) is 4.79 Å². The highest BCUT2D eigenvalue weighted by atomic mass is 16.4. The number of rotatable bonds is 12. The van der Waals surface area contributed by atoms with Crippen molar-refractivity contribution in [2.24, 2.45) is 11.5 Å². The lowest BCUT2D eigenvalue weighted by atomic mass is 10.2. The number of nitrogens with zero attached hydrogens (tertiary/aromatic N) is 1. The van der Waals surface area contributed by atoms with Crippen molar-refractivity contribution in [3.63, 3.8) is 0 Å². The summed E-state index contributed by atoms with van der Waals surface area (Å²) in [6.07, 6.45) is 5.12. The lowest BCUT2D eigenvalue weighted by Crippen LogP contribution is -2.29. The van der Waals surface area contributed by atoms with Crippen LogP contribution in [0.4, 0.5) is 0 Å². The molecular formula is C12H27N3O2. The number of unbranched alkanes of at least 4 members (excludes halogenated alkanes) is 2. The minimum absolute atomic E-state index is 0.283. The SMILES string of the molecule is NCCCN(CCCN)CCCCCC(=O)O. The van der Waals surface area contributed by atoms with E-state index in [1.165, 1.54) is 0 Å². The van der Waals surface area contributed by atoms with Gasteiger partial charge in [-0.15, -0.1) is 0 Å². The van der Waals surface area contributed by atoms with Crippen LogP contribution in [0, 0.1) is 0 Å². The normalized spacial score (nSPS) is 11.0. The predicted octanol–water partition coefficient (Wildman–Crippen LogP) is 0.631. The molecule has 5 nitrogen and oxygen atoms in total. The molecule has 17 heavy (non-hydrogen) atoms. The first-order valence-corrected chi connectivity index (χ1v) is 6.55. The lowest BCUT2D eigenvalue weighted by molar-refractivity contribution is -0.137. The predicted molar refractivity (Wildman–Crippen MR) is 69.9 cm³/mol. The third-order valence-corrected chi connectivity index (χ3v) is 2.72. The quantitative estimate of drug-likeness (QED) is 0.439. The Bertz CT molecular complexity index is 181. The van der Waals surface area contributed by atoms with Crippen molar-refractivity contribution in [2.45, 2.75) is 38.5 Å². The maximum Gasteiger partial charge on any atom is 0.303 e. The summed E-state index contributed by atoms with van der Waals surface area (Å²) in [5, 5.41) is 8.52. The number of carbonyl (C=O) groups is 1. The first-order valence-electron chi connectivity index (χ1n) is 6.55. The van der Waals surface area contributed by atoms with E-state index in [4.69, 9.17) is 16.6 Å². The fraction of sp³-hybridized carbons (Fsp3) is 0.917. The molecule has 0 aromatic rings. The van der Waals surface area contributed by atoms with Crippen molar-refractivity contribution < 1.29 is 9.90 Å². The Morgan fingerprint density at radius 2 is 1.41 bits per heavy atom. The summed E-state index contributed by atoms with van der Waals surface area (Å²) in [4.78, 5) is 12.7. The molecule has 102 valence electrons. The molecule has 0 aromatic carbocycles. The molecule has 0 saturated carbocycles. The zero-order valence-electron chi connectivity index (χ0n) is 10.7. The number of carboxylic acid groups (broad SMARTS) is 1. The third kappa shape index (κ3) is 11.6. The van der Waals surface area contributed by atoms with E-state index in [-0.39, 0.29) is 6.42 Å². The van der Waals surface area contributed by atoms with Gasteiger partial charge in [0.1, 0.15) is 0 Å². The molecule has 5 heteroatoms. The second-order valence-electron chi connectivity index (χ2n) is 4.33. The number of aliphatic carboxylic acids is 1. The van der Waals surface area contributed by atoms with E-state index in [2.05, 4.69) is 4.90 Å². The van der Waals surface area contributed by atoms with Gasteiger partial charge in [-0.1, -0.05) is 6.42 Å².